The Morgan fingerprint density at radius 2 is 2.19 bits per heavy atom. The average molecular weight is 222 g/mol. The molecule has 0 aromatic heterocycles. The van der Waals surface area contributed by atoms with Gasteiger partial charge in [-0.15, -0.1) is 0 Å². The molecule has 2 nitrogen and oxygen atoms in total. The third-order valence-corrected chi connectivity index (χ3v) is 3.13. The van der Waals surface area contributed by atoms with Gasteiger partial charge in [-0.3, -0.25) is 0 Å². The third kappa shape index (κ3) is 2.80. The van der Waals surface area contributed by atoms with Crippen LogP contribution in [0.4, 0.5) is 4.39 Å². The molecule has 1 aliphatic rings. The first-order chi connectivity index (χ1) is 7.70. The molecule has 3 heteroatoms. The fraction of sp³-hybridized carbons (Fsp3) is 0.538. The molecule has 1 aromatic carbocycles. The van der Waals surface area contributed by atoms with Gasteiger partial charge in [-0.1, -0.05) is 12.1 Å². The normalized spacial score (nSPS) is 15.8. The highest BCUT2D eigenvalue weighted by atomic mass is 19.1. The molecule has 0 aliphatic heterocycles. The second kappa shape index (κ2) is 4.93. The van der Waals surface area contributed by atoms with E-state index in [4.69, 9.17) is 5.73 Å². The summed E-state index contributed by atoms with van der Waals surface area (Å²) < 4.78 is 13.5. The highest BCUT2D eigenvalue weighted by molar-refractivity contribution is 5.28. The molecule has 0 radical (unpaired) electrons. The van der Waals surface area contributed by atoms with Crippen LogP contribution in [0.3, 0.4) is 0 Å². The van der Waals surface area contributed by atoms with Crippen molar-refractivity contribution in [3.05, 3.63) is 35.1 Å². The van der Waals surface area contributed by atoms with E-state index in [1.54, 1.807) is 6.07 Å². The molecule has 0 amide bonds. The van der Waals surface area contributed by atoms with Gasteiger partial charge >= 0.3 is 0 Å². The monoisotopic (exact) mass is 222 g/mol. The standard InChI is InChI=1S/C13H19FN2/c1-16(8-10-5-6-10)9-11-3-2-4-13(14)12(11)7-15/h2-4,10H,5-9,15H2,1H3. The van der Waals surface area contributed by atoms with E-state index < -0.39 is 0 Å². The van der Waals surface area contributed by atoms with Crippen LogP contribution in [0, 0.1) is 11.7 Å². The van der Waals surface area contributed by atoms with Crippen LogP contribution in [-0.4, -0.2) is 18.5 Å². The molecule has 2 rings (SSSR count). The number of halogens is 1. The van der Waals surface area contributed by atoms with E-state index >= 15 is 0 Å². The van der Waals surface area contributed by atoms with Crippen molar-refractivity contribution in [1.82, 2.24) is 4.90 Å². The lowest BCUT2D eigenvalue weighted by atomic mass is 10.1. The van der Waals surface area contributed by atoms with Crippen molar-refractivity contribution in [3.63, 3.8) is 0 Å². The Hall–Kier alpha value is -0.930. The second-order valence-electron chi connectivity index (χ2n) is 4.72. The van der Waals surface area contributed by atoms with Crippen LogP contribution in [0.15, 0.2) is 18.2 Å². The molecule has 1 fully saturated rings. The van der Waals surface area contributed by atoms with Crippen molar-refractivity contribution in [2.45, 2.75) is 25.9 Å². The number of nitrogens with zero attached hydrogens (tertiary/aromatic N) is 1. The molecule has 16 heavy (non-hydrogen) atoms. The van der Waals surface area contributed by atoms with E-state index in [9.17, 15) is 4.39 Å². The molecule has 0 unspecified atom stereocenters. The van der Waals surface area contributed by atoms with E-state index in [0.29, 0.717) is 5.56 Å². The molecule has 1 aromatic rings. The lowest BCUT2D eigenvalue weighted by Gasteiger charge is -2.18. The van der Waals surface area contributed by atoms with Crippen LogP contribution < -0.4 is 5.73 Å². The topological polar surface area (TPSA) is 29.3 Å². The Morgan fingerprint density at radius 3 is 2.81 bits per heavy atom. The summed E-state index contributed by atoms with van der Waals surface area (Å²) in [5.41, 5.74) is 7.26. The SMILES string of the molecule is CN(Cc1cccc(F)c1CN)CC1CC1. The van der Waals surface area contributed by atoms with Gasteiger partial charge in [-0.2, -0.15) is 0 Å². The molecule has 0 spiro atoms. The van der Waals surface area contributed by atoms with E-state index in [2.05, 4.69) is 11.9 Å². The highest BCUT2D eigenvalue weighted by Crippen LogP contribution is 2.29. The Labute approximate surface area is 96.2 Å². The van der Waals surface area contributed by atoms with Gasteiger partial charge in [0.05, 0.1) is 0 Å². The summed E-state index contributed by atoms with van der Waals surface area (Å²) in [6, 6.07) is 5.20. The molecule has 1 aliphatic carbocycles. The van der Waals surface area contributed by atoms with Crippen LogP contribution in [0.2, 0.25) is 0 Å². The minimum absolute atomic E-state index is 0.181. The lowest BCUT2D eigenvalue weighted by molar-refractivity contribution is 0.311. The zero-order valence-corrected chi connectivity index (χ0v) is 9.75. The first-order valence-electron chi connectivity index (χ1n) is 5.85. The molecule has 88 valence electrons. The Balaban J connectivity index is 2.04. The largest absolute Gasteiger partial charge is 0.326 e. The summed E-state index contributed by atoms with van der Waals surface area (Å²) in [6.07, 6.45) is 2.69. The Morgan fingerprint density at radius 1 is 1.44 bits per heavy atom. The first kappa shape index (κ1) is 11.6. The smallest absolute Gasteiger partial charge is 0.128 e. The number of benzene rings is 1. The minimum atomic E-state index is -0.181. The van der Waals surface area contributed by atoms with E-state index in [-0.39, 0.29) is 12.4 Å². The summed E-state index contributed by atoms with van der Waals surface area (Å²) in [7, 11) is 2.09. The lowest BCUT2D eigenvalue weighted by Crippen LogP contribution is -2.22. The summed E-state index contributed by atoms with van der Waals surface area (Å²) in [6.45, 7) is 2.18. The Bertz CT molecular complexity index is 361. The maximum Gasteiger partial charge on any atom is 0.128 e. The quantitative estimate of drug-likeness (QED) is 0.827. The summed E-state index contributed by atoms with van der Waals surface area (Å²) >= 11 is 0. The van der Waals surface area contributed by atoms with Gasteiger partial charge in [0, 0.05) is 25.2 Å². The van der Waals surface area contributed by atoms with Gasteiger partial charge < -0.3 is 10.6 Å². The van der Waals surface area contributed by atoms with Crippen LogP contribution in [0.25, 0.3) is 0 Å². The molecule has 0 atom stereocenters. The number of rotatable bonds is 5. The number of hydrogen-bond acceptors (Lipinski definition) is 2. The third-order valence-electron chi connectivity index (χ3n) is 3.13. The molecule has 0 bridgehead atoms. The van der Waals surface area contributed by atoms with Crippen LogP contribution in [0.5, 0.6) is 0 Å². The zero-order valence-electron chi connectivity index (χ0n) is 9.75. The van der Waals surface area contributed by atoms with E-state index in [1.807, 2.05) is 6.07 Å². The summed E-state index contributed by atoms with van der Waals surface area (Å²) in [5.74, 6) is 0.680. The molecular formula is C13H19FN2. The van der Waals surface area contributed by atoms with Crippen molar-refractivity contribution < 1.29 is 4.39 Å². The maximum absolute atomic E-state index is 13.5. The second-order valence-corrected chi connectivity index (χ2v) is 4.72. The van der Waals surface area contributed by atoms with Crippen molar-refractivity contribution >= 4 is 0 Å². The van der Waals surface area contributed by atoms with Crippen LogP contribution in [0.1, 0.15) is 24.0 Å². The molecular weight excluding hydrogens is 203 g/mol. The van der Waals surface area contributed by atoms with Gasteiger partial charge in [0.1, 0.15) is 5.82 Å². The van der Waals surface area contributed by atoms with Gasteiger partial charge in [0.2, 0.25) is 0 Å². The predicted molar refractivity (Wildman–Crippen MR) is 63.3 cm³/mol. The fourth-order valence-corrected chi connectivity index (χ4v) is 2.08. The maximum atomic E-state index is 13.5. The Kier molecular flexibility index (Phi) is 3.56. The summed E-state index contributed by atoms with van der Waals surface area (Å²) in [4.78, 5) is 2.26. The summed E-state index contributed by atoms with van der Waals surface area (Å²) in [5, 5.41) is 0. The number of nitrogens with two attached hydrogens (primary N) is 1. The van der Waals surface area contributed by atoms with Crippen molar-refractivity contribution in [2.24, 2.45) is 11.7 Å². The van der Waals surface area contributed by atoms with Gasteiger partial charge in [-0.25, -0.2) is 4.39 Å². The highest BCUT2D eigenvalue weighted by Gasteiger charge is 2.23. The minimum Gasteiger partial charge on any atom is -0.326 e. The van der Waals surface area contributed by atoms with Gasteiger partial charge in [0.25, 0.3) is 0 Å². The van der Waals surface area contributed by atoms with Crippen LogP contribution >= 0.6 is 0 Å². The molecule has 0 heterocycles. The zero-order chi connectivity index (χ0) is 11.5. The average Bonchev–Trinajstić information content (AvgIpc) is 3.02. The first-order valence-corrected chi connectivity index (χ1v) is 5.85. The molecule has 0 saturated heterocycles. The van der Waals surface area contributed by atoms with Crippen LogP contribution in [-0.2, 0) is 13.1 Å². The van der Waals surface area contributed by atoms with Gasteiger partial charge in [0.15, 0.2) is 0 Å². The molecule has 2 N–H and O–H groups in total. The van der Waals surface area contributed by atoms with Crippen molar-refractivity contribution in [2.75, 3.05) is 13.6 Å². The fourth-order valence-electron chi connectivity index (χ4n) is 2.08. The van der Waals surface area contributed by atoms with Crippen molar-refractivity contribution in [1.29, 1.82) is 0 Å². The molecule has 1 saturated carbocycles. The number of hydrogen-bond donors (Lipinski definition) is 1. The van der Waals surface area contributed by atoms with Crippen molar-refractivity contribution in [3.8, 4) is 0 Å². The van der Waals surface area contributed by atoms with E-state index in [1.165, 1.54) is 18.9 Å². The predicted octanol–water partition coefficient (Wildman–Crippen LogP) is 2.13. The van der Waals surface area contributed by atoms with Gasteiger partial charge in [-0.05, 0) is 37.4 Å². The van der Waals surface area contributed by atoms with E-state index in [0.717, 1.165) is 24.6 Å².